The van der Waals surface area contributed by atoms with Crippen molar-refractivity contribution < 1.29 is 0 Å². The normalized spacial score (nSPS) is 39.9. The first-order chi connectivity index (χ1) is 5.06. The van der Waals surface area contributed by atoms with Crippen molar-refractivity contribution in [1.29, 1.82) is 0 Å². The molecule has 1 rings (SSSR count). The lowest BCUT2D eigenvalue weighted by molar-refractivity contribution is 0.436. The monoisotopic (exact) mass is 187 g/mol. The zero-order valence-electron chi connectivity index (χ0n) is 7.08. The lowest BCUT2D eigenvalue weighted by Crippen LogP contribution is -2.29. The second-order valence-electron chi connectivity index (χ2n) is 3.27. The van der Waals surface area contributed by atoms with E-state index in [1.807, 2.05) is 0 Å². The number of hydrogen-bond donors (Lipinski definition) is 0. The van der Waals surface area contributed by atoms with Gasteiger partial charge in [-0.3, -0.25) is 4.67 Å². The molecule has 0 radical (unpaired) electrons. The minimum atomic E-state index is -1.16. The van der Waals surface area contributed by atoms with Gasteiger partial charge in [-0.05, 0) is 26.3 Å². The average molecular weight is 187 g/mol. The van der Waals surface area contributed by atoms with Crippen molar-refractivity contribution in [3.05, 3.63) is 0 Å². The van der Waals surface area contributed by atoms with Crippen LogP contribution in [0.5, 0.6) is 0 Å². The highest BCUT2D eigenvalue weighted by molar-refractivity contribution is 8.13. The lowest BCUT2D eigenvalue weighted by atomic mass is 10.1. The van der Waals surface area contributed by atoms with Crippen LogP contribution in [-0.4, -0.2) is 31.1 Å². The smallest absolute Gasteiger partial charge is 0.0335 e. The van der Waals surface area contributed by atoms with Gasteiger partial charge in [-0.2, -0.15) is 0 Å². The van der Waals surface area contributed by atoms with Crippen molar-refractivity contribution in [3.8, 4) is 12.3 Å². The molecule has 1 nitrogen and oxygen atoms in total. The second kappa shape index (κ2) is 3.27. The van der Waals surface area contributed by atoms with Crippen LogP contribution < -0.4 is 0 Å². The first-order valence-corrected chi connectivity index (χ1v) is 7.19. The van der Waals surface area contributed by atoms with E-state index in [1.54, 1.807) is 0 Å². The summed E-state index contributed by atoms with van der Waals surface area (Å²) in [7, 11) is 2.10. The number of hydrogen-bond acceptors (Lipinski definition) is 1. The fraction of sp³-hybridized carbons (Fsp3) is 0.750. The summed E-state index contributed by atoms with van der Waals surface area (Å²) in [6.45, 7) is 3.21. The largest absolute Gasteiger partial charge is 0.277 e. The van der Waals surface area contributed by atoms with E-state index in [4.69, 9.17) is 18.2 Å². The summed E-state index contributed by atoms with van der Waals surface area (Å²) in [5, 5.41) is 0. The Hall–Kier alpha value is 0.170. The maximum Gasteiger partial charge on any atom is 0.0335 e. The zero-order chi connectivity index (χ0) is 8.48. The predicted octanol–water partition coefficient (Wildman–Crippen LogP) is 1.60. The predicted molar refractivity (Wildman–Crippen MR) is 54.6 cm³/mol. The van der Waals surface area contributed by atoms with Crippen LogP contribution in [0.1, 0.15) is 6.42 Å². The first-order valence-electron chi connectivity index (χ1n) is 3.80. The Balaban J connectivity index is 2.64. The van der Waals surface area contributed by atoms with Crippen molar-refractivity contribution in [2.45, 2.75) is 6.42 Å². The van der Waals surface area contributed by atoms with Gasteiger partial charge in [-0.25, -0.2) is 0 Å². The molecule has 1 heterocycles. The maximum absolute atomic E-state index is 5.49. The summed E-state index contributed by atoms with van der Waals surface area (Å²) in [4.78, 5) is 0. The molecule has 0 amide bonds. The number of rotatable bonds is 0. The van der Waals surface area contributed by atoms with Crippen LogP contribution >= 0.6 is 6.19 Å². The van der Waals surface area contributed by atoms with Gasteiger partial charge >= 0.3 is 0 Å². The fourth-order valence-electron chi connectivity index (χ4n) is 1.29. The minimum Gasteiger partial charge on any atom is -0.277 e. The number of terminal acetylenes is 1. The van der Waals surface area contributed by atoms with Crippen LogP contribution in [0.3, 0.4) is 0 Å². The molecule has 0 saturated carbocycles. The van der Waals surface area contributed by atoms with Crippen molar-refractivity contribution in [3.63, 3.8) is 0 Å². The van der Waals surface area contributed by atoms with Gasteiger partial charge in [-0.15, -0.1) is 12.3 Å². The summed E-state index contributed by atoms with van der Waals surface area (Å²) >= 11 is 5.49. The van der Waals surface area contributed by atoms with Gasteiger partial charge in [0.1, 0.15) is 0 Å². The zero-order valence-corrected chi connectivity index (χ0v) is 8.79. The van der Waals surface area contributed by atoms with Crippen LogP contribution in [0.4, 0.5) is 0 Å². The van der Waals surface area contributed by atoms with Gasteiger partial charge in [0.05, 0.1) is 0 Å². The molecule has 1 fully saturated rings. The molecule has 0 spiro atoms. The molecular weight excluding hydrogens is 173 g/mol. The van der Waals surface area contributed by atoms with E-state index in [2.05, 4.69) is 24.3 Å². The molecule has 1 aliphatic rings. The Morgan fingerprint density at radius 3 is 2.82 bits per heavy atom. The highest BCUT2D eigenvalue weighted by Gasteiger charge is 2.25. The minimum absolute atomic E-state index is 0.441. The highest BCUT2D eigenvalue weighted by Crippen LogP contribution is 2.49. The third-order valence-electron chi connectivity index (χ3n) is 2.33. The third-order valence-corrected chi connectivity index (χ3v) is 6.41. The summed E-state index contributed by atoms with van der Waals surface area (Å²) in [6.07, 6.45) is 6.48. The van der Waals surface area contributed by atoms with E-state index in [1.165, 1.54) is 0 Å². The molecule has 2 unspecified atom stereocenters. The molecule has 2 atom stereocenters. The van der Waals surface area contributed by atoms with Crippen molar-refractivity contribution >= 4 is 18.0 Å². The third kappa shape index (κ3) is 2.06. The molecule has 1 saturated heterocycles. The van der Waals surface area contributed by atoms with E-state index >= 15 is 0 Å². The molecule has 1 aliphatic heterocycles. The lowest BCUT2D eigenvalue weighted by Gasteiger charge is -2.36. The summed E-state index contributed by atoms with van der Waals surface area (Å²) in [5.41, 5.74) is 0. The van der Waals surface area contributed by atoms with E-state index in [9.17, 15) is 0 Å². The quantitative estimate of drug-likeness (QED) is 0.418. The molecule has 11 heavy (non-hydrogen) atoms. The van der Waals surface area contributed by atoms with Crippen LogP contribution in [0.25, 0.3) is 0 Å². The van der Waals surface area contributed by atoms with Gasteiger partial charge in [0.2, 0.25) is 0 Å². The maximum atomic E-state index is 5.49. The van der Waals surface area contributed by atoms with Crippen LogP contribution in [-0.2, 0) is 11.8 Å². The Morgan fingerprint density at radius 1 is 1.73 bits per heavy atom. The molecule has 0 aliphatic carbocycles. The molecule has 0 aromatic rings. The second-order valence-corrected chi connectivity index (χ2v) is 8.86. The Morgan fingerprint density at radius 2 is 2.36 bits per heavy atom. The average Bonchev–Trinajstić information content (AvgIpc) is 1.95. The van der Waals surface area contributed by atoms with Crippen molar-refractivity contribution in [1.82, 2.24) is 4.67 Å². The summed E-state index contributed by atoms with van der Waals surface area (Å²) in [6, 6.07) is 0. The molecule has 0 aromatic heterocycles. The Kier molecular flexibility index (Phi) is 2.75. The Bertz CT molecular complexity index is 231. The fourth-order valence-corrected chi connectivity index (χ4v) is 3.48. The van der Waals surface area contributed by atoms with Crippen molar-refractivity contribution in [2.24, 2.45) is 5.92 Å². The van der Waals surface area contributed by atoms with Gasteiger partial charge in [0, 0.05) is 18.7 Å². The Labute approximate surface area is 74.2 Å². The summed E-state index contributed by atoms with van der Waals surface area (Å²) < 4.78 is 2.29. The van der Waals surface area contributed by atoms with Gasteiger partial charge in [0.15, 0.2) is 0 Å². The number of nitrogens with zero attached hydrogens (tertiary/aromatic N) is 1. The van der Waals surface area contributed by atoms with E-state index < -0.39 is 6.19 Å². The standard InChI is InChI=1S/C8H14NPS/c1-4-8-5-6-10(3,11)9(2)7-8/h1,8H,5-7H2,2-3H3. The van der Waals surface area contributed by atoms with Crippen LogP contribution in [0.15, 0.2) is 0 Å². The summed E-state index contributed by atoms with van der Waals surface area (Å²) in [5.74, 6) is 3.24. The van der Waals surface area contributed by atoms with Crippen molar-refractivity contribution in [2.75, 3.05) is 26.4 Å². The topological polar surface area (TPSA) is 3.24 Å². The van der Waals surface area contributed by atoms with Gasteiger partial charge in [-0.1, -0.05) is 11.8 Å². The van der Waals surface area contributed by atoms with E-state index in [0.29, 0.717) is 5.92 Å². The SMILES string of the molecule is C#CC1CCP(C)(=S)N(C)C1. The first kappa shape index (κ1) is 9.26. The van der Waals surface area contributed by atoms with Gasteiger partial charge < -0.3 is 0 Å². The highest BCUT2D eigenvalue weighted by atomic mass is 32.4. The van der Waals surface area contributed by atoms with Crippen LogP contribution in [0.2, 0.25) is 0 Å². The molecule has 0 aromatic carbocycles. The molecule has 0 N–H and O–H groups in total. The molecule has 3 heteroatoms. The van der Waals surface area contributed by atoms with E-state index in [-0.39, 0.29) is 0 Å². The van der Waals surface area contributed by atoms with Gasteiger partial charge in [0.25, 0.3) is 0 Å². The molecular formula is C8H14NPS. The molecule has 62 valence electrons. The van der Waals surface area contributed by atoms with Crippen LogP contribution in [0, 0.1) is 18.3 Å². The molecule has 0 bridgehead atoms. The van der Waals surface area contributed by atoms with E-state index in [0.717, 1.165) is 19.1 Å².